The van der Waals surface area contributed by atoms with E-state index < -0.39 is 54.6 Å². The van der Waals surface area contributed by atoms with E-state index in [0.717, 1.165) is 0 Å². The quantitative estimate of drug-likeness (QED) is 0.535. The van der Waals surface area contributed by atoms with Crippen molar-refractivity contribution in [1.29, 1.82) is 0 Å². The molecule has 0 radical (unpaired) electrons. The van der Waals surface area contributed by atoms with Crippen molar-refractivity contribution in [3.05, 3.63) is 0 Å². The minimum Gasteiger partial charge on any atom is -0.390 e. The first-order valence-corrected chi connectivity index (χ1v) is 7.87. The van der Waals surface area contributed by atoms with E-state index in [4.69, 9.17) is 19.9 Å². The lowest BCUT2D eigenvalue weighted by molar-refractivity contribution is -0.326. The number of aliphatic hydroxyl groups is 3. The average molecular weight is 319 g/mol. The smallest absolute Gasteiger partial charge is 0.174 e. The lowest BCUT2D eigenvalue weighted by Gasteiger charge is -2.50. The molecule has 2 aliphatic rings. The third-order valence-corrected chi connectivity index (χ3v) is 5.05. The van der Waals surface area contributed by atoms with Crippen LogP contribution in [0.1, 0.15) is 34.6 Å². The van der Waals surface area contributed by atoms with Gasteiger partial charge in [-0.2, -0.15) is 0 Å². The average Bonchev–Trinajstić information content (AvgIpc) is 2.44. The lowest BCUT2D eigenvalue weighted by atomic mass is 9.83. The fraction of sp³-hybridized carbons (Fsp3) is 1.00. The minimum atomic E-state index is -1.48. The topological polar surface area (TPSA) is 114 Å². The van der Waals surface area contributed by atoms with Crippen LogP contribution in [-0.4, -0.2) is 69.9 Å². The van der Waals surface area contributed by atoms with Gasteiger partial charge in [0.05, 0.1) is 30.5 Å². The second kappa shape index (κ2) is 6.32. The van der Waals surface area contributed by atoms with Gasteiger partial charge in [-0.1, -0.05) is 6.92 Å². The lowest BCUT2D eigenvalue weighted by Crippen LogP contribution is -2.67. The summed E-state index contributed by atoms with van der Waals surface area (Å²) in [4.78, 5) is 0. The maximum atomic E-state index is 10.6. The highest BCUT2D eigenvalue weighted by Crippen LogP contribution is 2.34. The van der Waals surface area contributed by atoms with Gasteiger partial charge in [-0.25, -0.2) is 0 Å². The van der Waals surface area contributed by atoms with Crippen LogP contribution in [0.5, 0.6) is 0 Å². The summed E-state index contributed by atoms with van der Waals surface area (Å²) in [5.41, 5.74) is 4.61. The van der Waals surface area contributed by atoms with Gasteiger partial charge in [0.15, 0.2) is 6.29 Å². The van der Waals surface area contributed by atoms with Crippen LogP contribution in [0.2, 0.25) is 0 Å². The molecule has 0 spiro atoms. The van der Waals surface area contributed by atoms with Crippen LogP contribution in [0, 0.1) is 5.92 Å². The van der Waals surface area contributed by atoms with Crippen LogP contribution < -0.4 is 5.73 Å². The molecule has 0 aromatic carbocycles. The van der Waals surface area contributed by atoms with Gasteiger partial charge in [0.1, 0.15) is 17.8 Å². The summed E-state index contributed by atoms with van der Waals surface area (Å²) < 4.78 is 17.1. The van der Waals surface area contributed by atoms with Crippen molar-refractivity contribution in [2.45, 2.75) is 89.2 Å². The van der Waals surface area contributed by atoms with Gasteiger partial charge in [0, 0.05) is 5.92 Å². The summed E-state index contributed by atoms with van der Waals surface area (Å²) in [5, 5.41) is 30.8. The number of ether oxygens (including phenoxy) is 3. The number of hydrogen-bond donors (Lipinski definition) is 4. The molecule has 2 saturated heterocycles. The molecule has 130 valence electrons. The molecular weight excluding hydrogens is 290 g/mol. The Morgan fingerprint density at radius 1 is 1.00 bits per heavy atom. The van der Waals surface area contributed by atoms with Gasteiger partial charge in [-0.15, -0.1) is 0 Å². The molecule has 0 aliphatic carbocycles. The largest absolute Gasteiger partial charge is 0.390 e. The Morgan fingerprint density at radius 3 is 2.18 bits per heavy atom. The third-order valence-electron chi connectivity index (χ3n) is 5.05. The Kier molecular flexibility index (Phi) is 5.19. The molecule has 0 bridgehead atoms. The molecule has 2 heterocycles. The van der Waals surface area contributed by atoms with Crippen LogP contribution in [0.4, 0.5) is 0 Å². The summed E-state index contributed by atoms with van der Waals surface area (Å²) in [6, 6.07) is -0.536. The zero-order chi connectivity index (χ0) is 16.8. The summed E-state index contributed by atoms with van der Waals surface area (Å²) in [7, 11) is 0. The van der Waals surface area contributed by atoms with Crippen molar-refractivity contribution < 1.29 is 29.5 Å². The normalized spacial score (nSPS) is 56.9. The fourth-order valence-electron chi connectivity index (χ4n) is 3.40. The first-order chi connectivity index (χ1) is 10.1. The molecule has 5 N–H and O–H groups in total. The standard InChI is InChI=1S/C15H29NO6/c1-6-10(16)14(21-7(2)11(6)17)22-13-9(4)20-8(3)12(18)15(13,5)19/h6-14,17-19H,16H2,1-5H3/t6?,7?,8?,9?,10-,11-,12+,13?,14-,15+/m1/s1. The SMILES string of the molecule is CC1OC(C)[C@H](O)[C@](C)(O)C1O[C@H]1OC(C)[C@H](O)C(C)[C@H]1N. The molecule has 2 fully saturated rings. The summed E-state index contributed by atoms with van der Waals surface area (Å²) in [6.07, 6.45) is -4.66. The minimum absolute atomic E-state index is 0.206. The van der Waals surface area contributed by atoms with Crippen LogP contribution in [-0.2, 0) is 14.2 Å². The molecule has 2 rings (SSSR count). The first-order valence-electron chi connectivity index (χ1n) is 7.87. The number of nitrogens with two attached hydrogens (primary N) is 1. The number of aliphatic hydroxyl groups excluding tert-OH is 2. The van der Waals surface area contributed by atoms with E-state index in [2.05, 4.69) is 0 Å². The van der Waals surface area contributed by atoms with Gasteiger partial charge in [-0.05, 0) is 27.7 Å². The van der Waals surface area contributed by atoms with Crippen molar-refractivity contribution in [2.75, 3.05) is 0 Å². The van der Waals surface area contributed by atoms with Gasteiger partial charge in [0.2, 0.25) is 0 Å². The van der Waals surface area contributed by atoms with Crippen molar-refractivity contribution >= 4 is 0 Å². The van der Waals surface area contributed by atoms with Crippen LogP contribution in [0.15, 0.2) is 0 Å². The Balaban J connectivity index is 2.14. The van der Waals surface area contributed by atoms with E-state index in [-0.39, 0.29) is 5.92 Å². The van der Waals surface area contributed by atoms with E-state index in [9.17, 15) is 15.3 Å². The first kappa shape index (κ1) is 18.1. The fourth-order valence-corrected chi connectivity index (χ4v) is 3.40. The van der Waals surface area contributed by atoms with Gasteiger partial charge in [0.25, 0.3) is 0 Å². The zero-order valence-electron chi connectivity index (χ0n) is 13.8. The van der Waals surface area contributed by atoms with E-state index in [1.54, 1.807) is 20.8 Å². The Labute approximate surface area is 131 Å². The third kappa shape index (κ3) is 3.03. The molecule has 7 nitrogen and oxygen atoms in total. The van der Waals surface area contributed by atoms with E-state index in [1.165, 1.54) is 6.92 Å². The highest BCUT2D eigenvalue weighted by Gasteiger charge is 2.53. The van der Waals surface area contributed by atoms with Gasteiger partial charge < -0.3 is 35.3 Å². The molecular formula is C15H29NO6. The molecule has 7 heteroatoms. The van der Waals surface area contributed by atoms with Crippen molar-refractivity contribution in [1.82, 2.24) is 0 Å². The molecule has 0 aromatic heterocycles. The predicted molar refractivity (Wildman–Crippen MR) is 79.0 cm³/mol. The Hall–Kier alpha value is -0.280. The summed E-state index contributed by atoms with van der Waals surface area (Å²) >= 11 is 0. The molecule has 5 unspecified atom stereocenters. The van der Waals surface area contributed by atoms with E-state index >= 15 is 0 Å². The Bertz CT molecular complexity index is 392. The number of hydrogen-bond acceptors (Lipinski definition) is 7. The maximum Gasteiger partial charge on any atom is 0.174 e. The van der Waals surface area contributed by atoms with E-state index in [0.29, 0.717) is 0 Å². The maximum absolute atomic E-state index is 10.6. The molecule has 10 atom stereocenters. The molecule has 22 heavy (non-hydrogen) atoms. The van der Waals surface area contributed by atoms with Crippen LogP contribution in [0.25, 0.3) is 0 Å². The summed E-state index contributed by atoms with van der Waals surface area (Å²) in [5.74, 6) is -0.206. The van der Waals surface area contributed by atoms with Crippen LogP contribution >= 0.6 is 0 Å². The van der Waals surface area contributed by atoms with E-state index in [1.807, 2.05) is 6.92 Å². The zero-order valence-corrected chi connectivity index (χ0v) is 13.8. The highest BCUT2D eigenvalue weighted by molar-refractivity contribution is 5.01. The molecule has 2 aliphatic heterocycles. The van der Waals surface area contributed by atoms with Crippen LogP contribution in [0.3, 0.4) is 0 Å². The highest BCUT2D eigenvalue weighted by atomic mass is 16.7. The van der Waals surface area contributed by atoms with Gasteiger partial charge >= 0.3 is 0 Å². The summed E-state index contributed by atoms with van der Waals surface area (Å²) in [6.45, 7) is 8.58. The van der Waals surface area contributed by atoms with Gasteiger partial charge in [-0.3, -0.25) is 0 Å². The second-order valence-corrected chi connectivity index (χ2v) is 6.91. The number of rotatable bonds is 2. The second-order valence-electron chi connectivity index (χ2n) is 6.91. The van der Waals surface area contributed by atoms with Crippen molar-refractivity contribution in [3.8, 4) is 0 Å². The predicted octanol–water partition coefficient (Wildman–Crippen LogP) is -0.640. The van der Waals surface area contributed by atoms with Crippen molar-refractivity contribution in [3.63, 3.8) is 0 Å². The molecule has 0 saturated carbocycles. The Morgan fingerprint density at radius 2 is 1.59 bits per heavy atom. The monoisotopic (exact) mass is 319 g/mol. The molecule has 0 amide bonds. The molecule has 0 aromatic rings. The van der Waals surface area contributed by atoms with Crippen molar-refractivity contribution in [2.24, 2.45) is 11.7 Å².